The second kappa shape index (κ2) is 3.87. The van der Waals surface area contributed by atoms with Crippen LogP contribution in [0.2, 0.25) is 0 Å². The molecule has 2 aliphatic rings. The summed E-state index contributed by atoms with van der Waals surface area (Å²) < 4.78 is 0. The summed E-state index contributed by atoms with van der Waals surface area (Å²) in [6.45, 7) is 2.38. The molecule has 0 bridgehead atoms. The smallest absolute Gasteiger partial charge is 0.231 e. The van der Waals surface area contributed by atoms with E-state index in [4.69, 9.17) is 11.5 Å². The number of carbonyl (C=O) groups is 1. The first-order chi connectivity index (χ1) is 6.66. The number of likely N-dealkylation sites (tertiary alicyclic amines) is 1. The molecular weight excluding hydrogens is 178 g/mol. The van der Waals surface area contributed by atoms with Crippen LogP contribution in [-0.4, -0.2) is 36.5 Å². The molecule has 1 aliphatic carbocycles. The van der Waals surface area contributed by atoms with E-state index in [1.54, 1.807) is 0 Å². The van der Waals surface area contributed by atoms with E-state index in [1.807, 2.05) is 0 Å². The van der Waals surface area contributed by atoms with Gasteiger partial charge in [-0.15, -0.1) is 0 Å². The standard InChI is InChI=1S/C10H19N3O/c11-9-3-1-2-7-4-13(5-8(7)9)6-10(12)14/h7-9H,1-6,11H2,(H2,12,14). The van der Waals surface area contributed by atoms with E-state index < -0.39 is 0 Å². The van der Waals surface area contributed by atoms with Crippen molar-refractivity contribution in [2.75, 3.05) is 19.6 Å². The van der Waals surface area contributed by atoms with Gasteiger partial charge in [-0.25, -0.2) is 0 Å². The second-order valence-corrected chi connectivity index (χ2v) is 4.68. The van der Waals surface area contributed by atoms with Crippen molar-refractivity contribution >= 4 is 5.91 Å². The Bertz CT molecular complexity index is 231. The molecule has 1 aliphatic heterocycles. The number of nitrogens with two attached hydrogens (primary N) is 2. The first-order valence-corrected chi connectivity index (χ1v) is 5.43. The van der Waals surface area contributed by atoms with Gasteiger partial charge in [0.25, 0.3) is 0 Å². The Morgan fingerprint density at radius 3 is 2.79 bits per heavy atom. The first kappa shape index (κ1) is 9.93. The largest absolute Gasteiger partial charge is 0.369 e. The molecule has 4 nitrogen and oxygen atoms in total. The van der Waals surface area contributed by atoms with Crippen molar-refractivity contribution in [3.63, 3.8) is 0 Å². The summed E-state index contributed by atoms with van der Waals surface area (Å²) in [5.41, 5.74) is 11.3. The Labute approximate surface area is 84.6 Å². The highest BCUT2D eigenvalue weighted by atomic mass is 16.1. The van der Waals surface area contributed by atoms with Gasteiger partial charge in [-0.2, -0.15) is 0 Å². The van der Waals surface area contributed by atoms with Gasteiger partial charge in [-0.3, -0.25) is 9.69 Å². The predicted octanol–water partition coefficient (Wildman–Crippen LogP) is -0.469. The predicted molar refractivity (Wildman–Crippen MR) is 54.4 cm³/mol. The lowest BCUT2D eigenvalue weighted by Gasteiger charge is -2.29. The zero-order valence-corrected chi connectivity index (χ0v) is 8.48. The first-order valence-electron chi connectivity index (χ1n) is 5.43. The zero-order valence-electron chi connectivity index (χ0n) is 8.48. The number of carbonyl (C=O) groups excluding carboxylic acids is 1. The lowest BCUT2D eigenvalue weighted by molar-refractivity contribution is -0.118. The average Bonchev–Trinajstić information content (AvgIpc) is 2.47. The Morgan fingerprint density at radius 1 is 1.36 bits per heavy atom. The van der Waals surface area contributed by atoms with E-state index in [0.717, 1.165) is 19.5 Å². The van der Waals surface area contributed by atoms with Crippen LogP contribution >= 0.6 is 0 Å². The van der Waals surface area contributed by atoms with Crippen LogP contribution in [0.15, 0.2) is 0 Å². The van der Waals surface area contributed by atoms with Crippen LogP contribution in [0.5, 0.6) is 0 Å². The molecule has 0 aromatic heterocycles. The number of fused-ring (bicyclic) bond motifs is 1. The van der Waals surface area contributed by atoms with Gasteiger partial charge in [0.1, 0.15) is 0 Å². The second-order valence-electron chi connectivity index (χ2n) is 4.68. The monoisotopic (exact) mass is 197 g/mol. The lowest BCUT2D eigenvalue weighted by atomic mass is 9.78. The summed E-state index contributed by atoms with van der Waals surface area (Å²) in [5, 5.41) is 0. The van der Waals surface area contributed by atoms with Gasteiger partial charge in [-0.05, 0) is 24.7 Å². The van der Waals surface area contributed by atoms with E-state index in [-0.39, 0.29) is 5.91 Å². The Kier molecular flexibility index (Phi) is 2.74. The molecule has 1 amide bonds. The summed E-state index contributed by atoms with van der Waals surface area (Å²) in [7, 11) is 0. The number of hydrogen-bond donors (Lipinski definition) is 2. The third-order valence-electron chi connectivity index (χ3n) is 3.61. The van der Waals surface area contributed by atoms with Crippen molar-refractivity contribution in [1.29, 1.82) is 0 Å². The maximum absolute atomic E-state index is 10.8. The third kappa shape index (κ3) is 1.91. The summed E-state index contributed by atoms with van der Waals surface area (Å²) in [4.78, 5) is 12.9. The summed E-state index contributed by atoms with van der Waals surface area (Å²) in [5.74, 6) is 1.08. The maximum Gasteiger partial charge on any atom is 0.231 e. The minimum Gasteiger partial charge on any atom is -0.369 e. The highest BCUT2D eigenvalue weighted by molar-refractivity contribution is 5.75. The number of nitrogens with zero attached hydrogens (tertiary/aromatic N) is 1. The van der Waals surface area contributed by atoms with E-state index in [0.29, 0.717) is 24.4 Å². The van der Waals surface area contributed by atoms with E-state index in [2.05, 4.69) is 4.90 Å². The normalized spacial score (nSPS) is 38.2. The van der Waals surface area contributed by atoms with Crippen LogP contribution < -0.4 is 11.5 Å². The van der Waals surface area contributed by atoms with Gasteiger partial charge in [0, 0.05) is 19.1 Å². The van der Waals surface area contributed by atoms with E-state index in [1.165, 1.54) is 12.8 Å². The molecule has 0 aromatic carbocycles. The number of primary amides is 1. The quantitative estimate of drug-likeness (QED) is 0.628. The molecule has 1 saturated carbocycles. The highest BCUT2D eigenvalue weighted by Gasteiger charge is 2.38. The van der Waals surface area contributed by atoms with Crippen molar-refractivity contribution in [2.24, 2.45) is 23.3 Å². The van der Waals surface area contributed by atoms with Gasteiger partial charge in [0.05, 0.1) is 6.54 Å². The Hall–Kier alpha value is -0.610. The van der Waals surface area contributed by atoms with Crippen molar-refractivity contribution in [2.45, 2.75) is 25.3 Å². The zero-order chi connectivity index (χ0) is 10.1. The third-order valence-corrected chi connectivity index (χ3v) is 3.61. The van der Waals surface area contributed by atoms with Crippen LogP contribution in [0.4, 0.5) is 0 Å². The summed E-state index contributed by atoms with van der Waals surface area (Å²) in [6, 6.07) is 0.339. The molecule has 2 fully saturated rings. The fourth-order valence-corrected chi connectivity index (χ4v) is 2.96. The molecule has 14 heavy (non-hydrogen) atoms. The van der Waals surface area contributed by atoms with Crippen LogP contribution in [0.1, 0.15) is 19.3 Å². The topological polar surface area (TPSA) is 72.4 Å². The Morgan fingerprint density at radius 2 is 2.14 bits per heavy atom. The molecule has 3 unspecified atom stereocenters. The lowest BCUT2D eigenvalue weighted by Crippen LogP contribution is -2.38. The van der Waals surface area contributed by atoms with Crippen molar-refractivity contribution < 1.29 is 4.79 Å². The van der Waals surface area contributed by atoms with Crippen LogP contribution in [0, 0.1) is 11.8 Å². The van der Waals surface area contributed by atoms with Gasteiger partial charge in [0.2, 0.25) is 5.91 Å². The molecule has 2 rings (SSSR count). The van der Waals surface area contributed by atoms with Crippen LogP contribution in [0.3, 0.4) is 0 Å². The number of rotatable bonds is 2. The number of amides is 1. The average molecular weight is 197 g/mol. The van der Waals surface area contributed by atoms with Gasteiger partial charge in [0.15, 0.2) is 0 Å². The van der Waals surface area contributed by atoms with E-state index >= 15 is 0 Å². The van der Waals surface area contributed by atoms with Gasteiger partial charge < -0.3 is 11.5 Å². The minimum atomic E-state index is -0.225. The van der Waals surface area contributed by atoms with Crippen molar-refractivity contribution in [3.05, 3.63) is 0 Å². The van der Waals surface area contributed by atoms with Gasteiger partial charge in [-0.1, -0.05) is 6.42 Å². The molecule has 0 spiro atoms. The van der Waals surface area contributed by atoms with Crippen molar-refractivity contribution in [3.8, 4) is 0 Å². The molecule has 0 aromatic rings. The molecule has 1 saturated heterocycles. The SMILES string of the molecule is NC(=O)CN1CC2CCCC(N)C2C1. The molecule has 4 heteroatoms. The molecule has 3 atom stereocenters. The highest BCUT2D eigenvalue weighted by Crippen LogP contribution is 2.35. The minimum absolute atomic E-state index is 0.225. The van der Waals surface area contributed by atoms with Crippen LogP contribution in [0.25, 0.3) is 0 Å². The van der Waals surface area contributed by atoms with Crippen LogP contribution in [-0.2, 0) is 4.79 Å². The summed E-state index contributed by atoms with van der Waals surface area (Å²) >= 11 is 0. The molecule has 0 radical (unpaired) electrons. The molecular formula is C10H19N3O. The number of hydrogen-bond acceptors (Lipinski definition) is 3. The summed E-state index contributed by atoms with van der Waals surface area (Å²) in [6.07, 6.45) is 3.66. The fourth-order valence-electron chi connectivity index (χ4n) is 2.96. The van der Waals surface area contributed by atoms with Crippen molar-refractivity contribution in [1.82, 2.24) is 4.90 Å². The maximum atomic E-state index is 10.8. The van der Waals surface area contributed by atoms with E-state index in [9.17, 15) is 4.79 Å². The molecule has 80 valence electrons. The van der Waals surface area contributed by atoms with Gasteiger partial charge >= 0.3 is 0 Å². The molecule has 4 N–H and O–H groups in total. The fraction of sp³-hybridized carbons (Fsp3) is 0.900. The molecule has 1 heterocycles. The Balaban J connectivity index is 1.93.